The summed E-state index contributed by atoms with van der Waals surface area (Å²) in [5.41, 5.74) is 12.7. The van der Waals surface area contributed by atoms with Crippen molar-refractivity contribution in [3.05, 3.63) is 176 Å². The number of hydrogen-bond donors (Lipinski definition) is 0. The molecule has 0 fully saturated rings. The summed E-state index contributed by atoms with van der Waals surface area (Å²) < 4.78 is 19.2. The molecule has 52 heavy (non-hydrogen) atoms. The van der Waals surface area contributed by atoms with Gasteiger partial charge in [-0.3, -0.25) is 0 Å². The molecule has 0 aliphatic rings. The first-order valence-electron chi connectivity index (χ1n) is 17.5. The number of para-hydroxylation sites is 4. The van der Waals surface area contributed by atoms with E-state index in [4.69, 9.17) is 13.3 Å². The molecule has 0 aliphatic carbocycles. The molecule has 0 saturated heterocycles. The number of nitrogens with zero attached hydrogens (tertiary/aromatic N) is 1. The first kappa shape index (κ1) is 28.8. The van der Waals surface area contributed by atoms with Crippen molar-refractivity contribution in [2.45, 2.75) is 0 Å². The van der Waals surface area contributed by atoms with E-state index >= 15 is 0 Å². The Morgan fingerprint density at radius 3 is 1.42 bits per heavy atom. The highest BCUT2D eigenvalue weighted by molar-refractivity contribution is 6.14. The van der Waals surface area contributed by atoms with Crippen molar-refractivity contribution in [1.82, 2.24) is 0 Å². The van der Waals surface area contributed by atoms with Crippen LogP contribution in [0, 0.1) is 0 Å². The van der Waals surface area contributed by atoms with Gasteiger partial charge in [0.15, 0.2) is 0 Å². The fourth-order valence-corrected chi connectivity index (χ4v) is 7.79. The van der Waals surface area contributed by atoms with Gasteiger partial charge in [-0.05, 0) is 108 Å². The summed E-state index contributed by atoms with van der Waals surface area (Å²) in [6.07, 6.45) is 0. The fourth-order valence-electron chi connectivity index (χ4n) is 7.79. The van der Waals surface area contributed by atoms with Crippen LogP contribution in [0.25, 0.3) is 88.1 Å². The zero-order valence-corrected chi connectivity index (χ0v) is 27.9. The van der Waals surface area contributed by atoms with Crippen molar-refractivity contribution in [3.8, 4) is 22.3 Å². The van der Waals surface area contributed by atoms with E-state index in [-0.39, 0.29) is 0 Å². The molecule has 11 aromatic rings. The van der Waals surface area contributed by atoms with Crippen LogP contribution in [0.3, 0.4) is 0 Å². The topological polar surface area (TPSA) is 42.7 Å². The first-order chi connectivity index (χ1) is 25.7. The number of fused-ring (bicyclic) bond motifs is 9. The molecule has 4 nitrogen and oxygen atoms in total. The third kappa shape index (κ3) is 4.48. The minimum atomic E-state index is 0.837. The molecule has 3 heterocycles. The van der Waals surface area contributed by atoms with Crippen LogP contribution in [0.4, 0.5) is 17.1 Å². The molecule has 0 radical (unpaired) electrons. The molecule has 0 spiro atoms. The number of furan rings is 3. The summed E-state index contributed by atoms with van der Waals surface area (Å²) in [4.78, 5) is 2.29. The molecule has 0 N–H and O–H groups in total. The Balaban J connectivity index is 1.17. The molecule has 0 aliphatic heterocycles. The van der Waals surface area contributed by atoms with Crippen molar-refractivity contribution < 1.29 is 13.3 Å². The zero-order chi connectivity index (χ0) is 34.2. The van der Waals surface area contributed by atoms with Gasteiger partial charge in [0, 0.05) is 54.9 Å². The molecule has 4 heteroatoms. The van der Waals surface area contributed by atoms with Crippen LogP contribution in [0.1, 0.15) is 0 Å². The lowest BCUT2D eigenvalue weighted by Crippen LogP contribution is -2.09. The van der Waals surface area contributed by atoms with E-state index in [9.17, 15) is 0 Å². The molecule has 0 atom stereocenters. The van der Waals surface area contributed by atoms with Gasteiger partial charge in [-0.2, -0.15) is 0 Å². The molecule has 0 unspecified atom stereocenters. The van der Waals surface area contributed by atoms with Crippen LogP contribution < -0.4 is 4.90 Å². The van der Waals surface area contributed by atoms with Gasteiger partial charge in [0.2, 0.25) is 0 Å². The van der Waals surface area contributed by atoms with Crippen LogP contribution >= 0.6 is 0 Å². The van der Waals surface area contributed by atoms with E-state index in [0.29, 0.717) is 0 Å². The summed E-state index contributed by atoms with van der Waals surface area (Å²) >= 11 is 0. The quantitative estimate of drug-likeness (QED) is 0.183. The third-order valence-corrected chi connectivity index (χ3v) is 10.2. The second kappa shape index (κ2) is 11.2. The van der Waals surface area contributed by atoms with Gasteiger partial charge in [0.1, 0.15) is 33.5 Å². The molecular weight excluding hydrogens is 639 g/mol. The lowest BCUT2D eigenvalue weighted by atomic mass is 9.94. The predicted molar refractivity (Wildman–Crippen MR) is 214 cm³/mol. The average molecular weight is 668 g/mol. The van der Waals surface area contributed by atoms with Crippen LogP contribution in [-0.2, 0) is 0 Å². The minimum Gasteiger partial charge on any atom is -0.456 e. The Hall–Kier alpha value is -7.04. The zero-order valence-electron chi connectivity index (χ0n) is 27.9. The number of hydrogen-bond acceptors (Lipinski definition) is 4. The molecule has 244 valence electrons. The van der Waals surface area contributed by atoms with Crippen LogP contribution in [0.2, 0.25) is 0 Å². The lowest BCUT2D eigenvalue weighted by molar-refractivity contribution is 0.668. The Labute approximate surface area is 298 Å². The molecule has 11 rings (SSSR count). The van der Waals surface area contributed by atoms with E-state index in [1.54, 1.807) is 0 Å². The van der Waals surface area contributed by atoms with Crippen molar-refractivity contribution in [3.63, 3.8) is 0 Å². The second-order valence-electron chi connectivity index (χ2n) is 13.3. The summed E-state index contributed by atoms with van der Waals surface area (Å²) in [6, 6.07) is 61.4. The van der Waals surface area contributed by atoms with Crippen molar-refractivity contribution >= 4 is 82.9 Å². The molecule has 0 saturated carbocycles. The molecule has 0 amide bonds. The van der Waals surface area contributed by atoms with Gasteiger partial charge in [0.25, 0.3) is 0 Å². The van der Waals surface area contributed by atoms with Gasteiger partial charge >= 0.3 is 0 Å². The van der Waals surface area contributed by atoms with Gasteiger partial charge in [-0.25, -0.2) is 0 Å². The summed E-state index contributed by atoms with van der Waals surface area (Å²) in [7, 11) is 0. The molecular formula is C48H29NO3. The first-order valence-corrected chi connectivity index (χ1v) is 17.5. The maximum Gasteiger partial charge on any atom is 0.143 e. The Morgan fingerprint density at radius 1 is 0.288 bits per heavy atom. The number of benzene rings is 8. The number of rotatable bonds is 5. The number of anilines is 3. The normalized spacial score (nSPS) is 11.8. The lowest BCUT2D eigenvalue weighted by Gasteiger charge is -2.25. The van der Waals surface area contributed by atoms with Crippen LogP contribution in [0.15, 0.2) is 189 Å². The van der Waals surface area contributed by atoms with E-state index in [1.807, 2.05) is 24.3 Å². The highest BCUT2D eigenvalue weighted by atomic mass is 16.3. The van der Waals surface area contributed by atoms with Crippen LogP contribution in [-0.4, -0.2) is 0 Å². The minimum absolute atomic E-state index is 0.837. The van der Waals surface area contributed by atoms with Crippen LogP contribution in [0.5, 0.6) is 0 Å². The smallest absolute Gasteiger partial charge is 0.143 e. The maximum absolute atomic E-state index is 6.81. The second-order valence-corrected chi connectivity index (χ2v) is 13.3. The van der Waals surface area contributed by atoms with E-state index in [1.165, 1.54) is 0 Å². The van der Waals surface area contributed by atoms with Gasteiger partial charge in [-0.1, -0.05) is 84.9 Å². The summed E-state index contributed by atoms with van der Waals surface area (Å²) in [5.74, 6) is 0. The predicted octanol–water partition coefficient (Wildman–Crippen LogP) is 14.2. The SMILES string of the molecule is c1ccc(N(c2ccccc2)c2ccc3oc4c(-c5ccc6oc7ccccc7c6c5)cc(-c5ccc6oc7ccccc7c6c5)cc4c3c2)cc1. The fraction of sp³-hybridized carbons (Fsp3) is 0. The Bertz CT molecular complexity index is 3090. The van der Waals surface area contributed by atoms with Crippen molar-refractivity contribution in [2.24, 2.45) is 0 Å². The largest absolute Gasteiger partial charge is 0.456 e. The summed E-state index contributed by atoms with van der Waals surface area (Å²) in [6.45, 7) is 0. The highest BCUT2D eigenvalue weighted by Crippen LogP contribution is 2.44. The Kier molecular flexibility index (Phi) is 6.22. The van der Waals surface area contributed by atoms with E-state index in [0.717, 1.165) is 105 Å². The van der Waals surface area contributed by atoms with Gasteiger partial charge < -0.3 is 18.2 Å². The van der Waals surface area contributed by atoms with E-state index in [2.05, 4.69) is 157 Å². The van der Waals surface area contributed by atoms with Gasteiger partial charge in [-0.15, -0.1) is 0 Å². The highest BCUT2D eigenvalue weighted by Gasteiger charge is 2.20. The standard InChI is InChI=1S/C48H29NO3/c1-3-11-33(12-4-1)49(34-13-5-2-6-14-34)35-21-24-47-41(29-35)42-28-32(30-19-22-45-39(25-30)36-15-7-9-17-43(36)50-45)27-38(48(42)52-47)31-20-23-46-40(26-31)37-16-8-10-18-44(37)51-46/h1-29H. The van der Waals surface area contributed by atoms with E-state index < -0.39 is 0 Å². The molecule has 8 aromatic carbocycles. The molecule has 0 bridgehead atoms. The van der Waals surface area contributed by atoms with Crippen molar-refractivity contribution in [1.29, 1.82) is 0 Å². The monoisotopic (exact) mass is 667 g/mol. The molecule has 3 aromatic heterocycles. The third-order valence-electron chi connectivity index (χ3n) is 10.2. The Morgan fingerprint density at radius 2 is 0.769 bits per heavy atom. The van der Waals surface area contributed by atoms with Crippen molar-refractivity contribution in [2.75, 3.05) is 4.90 Å². The van der Waals surface area contributed by atoms with Gasteiger partial charge in [0.05, 0.1) is 0 Å². The maximum atomic E-state index is 6.81. The average Bonchev–Trinajstić information content (AvgIpc) is 3.89. The summed E-state index contributed by atoms with van der Waals surface area (Å²) in [5, 5.41) is 6.50.